The lowest BCUT2D eigenvalue weighted by atomic mass is 10.1. The zero-order valence-electron chi connectivity index (χ0n) is 8.92. The number of ether oxygens (including phenoxy) is 1. The van der Waals surface area contributed by atoms with Crippen molar-refractivity contribution in [3.8, 4) is 0 Å². The number of rotatable bonds is 2. The molecule has 1 unspecified atom stereocenters. The molecule has 0 aromatic carbocycles. The molecule has 2 aliphatic heterocycles. The summed E-state index contributed by atoms with van der Waals surface area (Å²) in [4.78, 5) is 11.8. The maximum absolute atomic E-state index is 11.8. The molecule has 2 rings (SSSR count). The van der Waals surface area contributed by atoms with Crippen LogP contribution >= 0.6 is 0 Å². The van der Waals surface area contributed by atoms with Crippen molar-refractivity contribution in [2.45, 2.75) is 24.9 Å². The van der Waals surface area contributed by atoms with Crippen LogP contribution in [0, 0.1) is 0 Å². The Hall–Kier alpha value is -0.650. The third-order valence-corrected chi connectivity index (χ3v) is 2.88. The van der Waals surface area contributed by atoms with E-state index in [9.17, 15) is 4.79 Å². The van der Waals surface area contributed by atoms with E-state index in [0.29, 0.717) is 13.2 Å². The Morgan fingerprint density at radius 3 is 3.00 bits per heavy atom. The second-order valence-corrected chi connectivity index (χ2v) is 4.13. The molecular formula is C10H19N3O2. The Morgan fingerprint density at radius 2 is 2.33 bits per heavy atom. The summed E-state index contributed by atoms with van der Waals surface area (Å²) in [5.41, 5.74) is 0. The quantitative estimate of drug-likeness (QED) is 0.541. The summed E-state index contributed by atoms with van der Waals surface area (Å²) in [5.74, 6) is 0.0726. The third-order valence-electron chi connectivity index (χ3n) is 2.88. The number of morpholine rings is 1. The van der Waals surface area contributed by atoms with Gasteiger partial charge in [-0.05, 0) is 19.4 Å². The van der Waals surface area contributed by atoms with Crippen molar-refractivity contribution in [1.82, 2.24) is 16.0 Å². The van der Waals surface area contributed by atoms with Gasteiger partial charge in [0.1, 0.15) is 6.04 Å². The summed E-state index contributed by atoms with van der Waals surface area (Å²) in [6.07, 6.45) is 2.21. The highest BCUT2D eigenvalue weighted by Gasteiger charge is 2.24. The molecule has 86 valence electrons. The third kappa shape index (κ3) is 3.15. The molecule has 0 radical (unpaired) electrons. The van der Waals surface area contributed by atoms with Gasteiger partial charge in [0.2, 0.25) is 5.91 Å². The molecule has 1 amide bonds. The first-order chi connectivity index (χ1) is 7.36. The highest BCUT2D eigenvalue weighted by atomic mass is 16.5. The fourth-order valence-corrected chi connectivity index (χ4v) is 2.01. The van der Waals surface area contributed by atoms with Crippen molar-refractivity contribution in [2.24, 2.45) is 0 Å². The largest absolute Gasteiger partial charge is 0.378 e. The molecule has 0 bridgehead atoms. The summed E-state index contributed by atoms with van der Waals surface area (Å²) in [7, 11) is 0. The SMILES string of the molecule is O=C(N[C@H]1CCCNC1)C1COCCN1. The molecule has 5 nitrogen and oxygen atoms in total. The highest BCUT2D eigenvalue weighted by molar-refractivity contribution is 5.82. The van der Waals surface area contributed by atoms with Crippen LogP contribution in [0.2, 0.25) is 0 Å². The van der Waals surface area contributed by atoms with Gasteiger partial charge in [-0.15, -0.1) is 0 Å². The topological polar surface area (TPSA) is 62.4 Å². The number of carbonyl (C=O) groups is 1. The summed E-state index contributed by atoms with van der Waals surface area (Å²) in [6, 6.07) is 0.121. The number of piperidine rings is 1. The first-order valence-corrected chi connectivity index (χ1v) is 5.68. The molecule has 0 aliphatic carbocycles. The van der Waals surface area contributed by atoms with Gasteiger partial charge in [-0.25, -0.2) is 0 Å². The number of hydrogen-bond acceptors (Lipinski definition) is 4. The summed E-state index contributed by atoms with van der Waals surface area (Å²) in [6.45, 7) is 3.91. The summed E-state index contributed by atoms with van der Waals surface area (Å²) < 4.78 is 5.25. The first-order valence-electron chi connectivity index (χ1n) is 5.68. The van der Waals surface area contributed by atoms with E-state index in [2.05, 4.69) is 16.0 Å². The number of hydrogen-bond donors (Lipinski definition) is 3. The van der Waals surface area contributed by atoms with Crippen molar-refractivity contribution in [3.05, 3.63) is 0 Å². The van der Waals surface area contributed by atoms with Gasteiger partial charge in [-0.3, -0.25) is 4.79 Å². The minimum Gasteiger partial charge on any atom is -0.378 e. The van der Waals surface area contributed by atoms with Crippen molar-refractivity contribution in [2.75, 3.05) is 32.8 Å². The minimum atomic E-state index is -0.166. The van der Waals surface area contributed by atoms with E-state index in [1.807, 2.05) is 0 Å². The van der Waals surface area contributed by atoms with Crippen molar-refractivity contribution in [1.29, 1.82) is 0 Å². The van der Waals surface area contributed by atoms with Crippen LogP contribution in [-0.4, -0.2) is 50.8 Å². The molecular weight excluding hydrogens is 194 g/mol. The first kappa shape index (κ1) is 10.9. The zero-order chi connectivity index (χ0) is 10.5. The van der Waals surface area contributed by atoms with Gasteiger partial charge < -0.3 is 20.7 Å². The molecule has 5 heteroatoms. The lowest BCUT2D eigenvalue weighted by Crippen LogP contribution is -2.55. The molecule has 2 fully saturated rings. The van der Waals surface area contributed by atoms with E-state index in [1.165, 1.54) is 0 Å². The fraction of sp³-hybridized carbons (Fsp3) is 0.900. The van der Waals surface area contributed by atoms with Crippen LogP contribution in [-0.2, 0) is 9.53 Å². The van der Waals surface area contributed by atoms with E-state index < -0.39 is 0 Å². The Bertz CT molecular complexity index is 211. The molecule has 0 saturated carbocycles. The molecule has 2 heterocycles. The van der Waals surface area contributed by atoms with Gasteiger partial charge in [0, 0.05) is 19.1 Å². The van der Waals surface area contributed by atoms with E-state index in [-0.39, 0.29) is 18.0 Å². The van der Waals surface area contributed by atoms with Gasteiger partial charge in [0.15, 0.2) is 0 Å². The number of carbonyl (C=O) groups excluding carboxylic acids is 1. The lowest BCUT2D eigenvalue weighted by molar-refractivity contribution is -0.126. The normalized spacial score (nSPS) is 32.3. The Labute approximate surface area is 89.9 Å². The maximum Gasteiger partial charge on any atom is 0.239 e. The molecule has 2 aliphatic rings. The Morgan fingerprint density at radius 1 is 1.40 bits per heavy atom. The molecule has 15 heavy (non-hydrogen) atoms. The molecule has 2 saturated heterocycles. The predicted octanol–water partition coefficient (Wildman–Crippen LogP) is -1.16. The van der Waals surface area contributed by atoms with E-state index in [1.54, 1.807) is 0 Å². The van der Waals surface area contributed by atoms with Gasteiger partial charge in [0.25, 0.3) is 0 Å². The van der Waals surface area contributed by atoms with Crippen LogP contribution in [0.3, 0.4) is 0 Å². The maximum atomic E-state index is 11.8. The van der Waals surface area contributed by atoms with E-state index in [0.717, 1.165) is 32.5 Å². The highest BCUT2D eigenvalue weighted by Crippen LogP contribution is 2.02. The Kier molecular flexibility index (Phi) is 3.94. The van der Waals surface area contributed by atoms with Crippen molar-refractivity contribution < 1.29 is 9.53 Å². The van der Waals surface area contributed by atoms with Gasteiger partial charge in [0.05, 0.1) is 13.2 Å². The zero-order valence-corrected chi connectivity index (χ0v) is 8.92. The fourth-order valence-electron chi connectivity index (χ4n) is 2.01. The molecule has 3 N–H and O–H groups in total. The average Bonchev–Trinajstić information content (AvgIpc) is 2.31. The van der Waals surface area contributed by atoms with Gasteiger partial charge in [-0.1, -0.05) is 0 Å². The van der Waals surface area contributed by atoms with E-state index in [4.69, 9.17) is 4.74 Å². The van der Waals surface area contributed by atoms with Crippen LogP contribution in [0.5, 0.6) is 0 Å². The van der Waals surface area contributed by atoms with Crippen LogP contribution in [0.25, 0.3) is 0 Å². The smallest absolute Gasteiger partial charge is 0.239 e. The van der Waals surface area contributed by atoms with Crippen LogP contribution in [0.15, 0.2) is 0 Å². The molecule has 2 atom stereocenters. The molecule has 0 aromatic rings. The van der Waals surface area contributed by atoms with Gasteiger partial charge in [-0.2, -0.15) is 0 Å². The lowest BCUT2D eigenvalue weighted by Gasteiger charge is -2.28. The second kappa shape index (κ2) is 5.44. The number of nitrogens with one attached hydrogen (secondary N) is 3. The van der Waals surface area contributed by atoms with Crippen molar-refractivity contribution >= 4 is 5.91 Å². The van der Waals surface area contributed by atoms with Crippen LogP contribution in [0.4, 0.5) is 0 Å². The minimum absolute atomic E-state index is 0.0726. The monoisotopic (exact) mass is 213 g/mol. The van der Waals surface area contributed by atoms with Gasteiger partial charge >= 0.3 is 0 Å². The van der Waals surface area contributed by atoms with Crippen molar-refractivity contribution in [3.63, 3.8) is 0 Å². The standard InChI is InChI=1S/C10H19N3O2/c14-10(9-7-15-5-4-12-9)13-8-2-1-3-11-6-8/h8-9,11-12H,1-7H2,(H,13,14)/t8-,9?/m0/s1. The summed E-state index contributed by atoms with van der Waals surface area (Å²) >= 11 is 0. The summed E-state index contributed by atoms with van der Waals surface area (Å²) in [5, 5.41) is 9.47. The predicted molar refractivity (Wildman–Crippen MR) is 56.6 cm³/mol. The average molecular weight is 213 g/mol. The Balaban J connectivity index is 1.74. The van der Waals surface area contributed by atoms with E-state index >= 15 is 0 Å². The van der Waals surface area contributed by atoms with Crippen LogP contribution in [0.1, 0.15) is 12.8 Å². The second-order valence-electron chi connectivity index (χ2n) is 4.13. The molecule has 0 spiro atoms. The molecule has 0 aromatic heterocycles. The number of amides is 1. The van der Waals surface area contributed by atoms with Crippen LogP contribution < -0.4 is 16.0 Å².